The Hall–Kier alpha value is -1.91. The van der Waals surface area contributed by atoms with Crippen molar-refractivity contribution in [3.63, 3.8) is 0 Å². The Balaban J connectivity index is 1.71. The second-order valence-electron chi connectivity index (χ2n) is 7.99. The van der Waals surface area contributed by atoms with Gasteiger partial charge in [0.2, 0.25) is 0 Å². The van der Waals surface area contributed by atoms with E-state index in [0.29, 0.717) is 12.5 Å². The maximum absolute atomic E-state index is 10.5. The van der Waals surface area contributed by atoms with Gasteiger partial charge in [0.05, 0.1) is 12.7 Å². The van der Waals surface area contributed by atoms with Crippen molar-refractivity contribution in [3.8, 4) is 5.75 Å². The first kappa shape index (κ1) is 19.8. The minimum absolute atomic E-state index is 0.272. The zero-order valence-corrected chi connectivity index (χ0v) is 17.0. The van der Waals surface area contributed by atoms with Crippen molar-refractivity contribution in [2.45, 2.75) is 52.7 Å². The highest BCUT2D eigenvalue weighted by molar-refractivity contribution is 5.44. The van der Waals surface area contributed by atoms with E-state index in [-0.39, 0.29) is 12.0 Å². The SMILES string of the molecule is CCOc1cc(C)c(CN2C[C@@H](Cc3ccncc3)[C@@H](O)C2)cc1C(C)C. The molecule has 0 radical (unpaired) electrons. The van der Waals surface area contributed by atoms with E-state index < -0.39 is 0 Å². The van der Waals surface area contributed by atoms with E-state index in [9.17, 15) is 5.11 Å². The molecule has 146 valence electrons. The van der Waals surface area contributed by atoms with E-state index in [0.717, 1.165) is 31.8 Å². The summed E-state index contributed by atoms with van der Waals surface area (Å²) in [4.78, 5) is 6.46. The number of rotatable bonds is 7. The van der Waals surface area contributed by atoms with Crippen molar-refractivity contribution in [2.75, 3.05) is 19.7 Å². The van der Waals surface area contributed by atoms with Crippen molar-refractivity contribution >= 4 is 0 Å². The van der Waals surface area contributed by atoms with Crippen LogP contribution in [0.5, 0.6) is 5.75 Å². The molecule has 27 heavy (non-hydrogen) atoms. The molecule has 1 aromatic carbocycles. The summed E-state index contributed by atoms with van der Waals surface area (Å²) in [5, 5.41) is 10.5. The van der Waals surface area contributed by atoms with Gasteiger partial charge in [-0.2, -0.15) is 0 Å². The summed E-state index contributed by atoms with van der Waals surface area (Å²) in [6.45, 7) is 11.8. The maximum Gasteiger partial charge on any atom is 0.123 e. The quantitative estimate of drug-likeness (QED) is 0.804. The number of aliphatic hydroxyl groups is 1. The smallest absolute Gasteiger partial charge is 0.123 e. The largest absolute Gasteiger partial charge is 0.494 e. The van der Waals surface area contributed by atoms with Crippen LogP contribution in [-0.2, 0) is 13.0 Å². The minimum atomic E-state index is -0.272. The third-order valence-electron chi connectivity index (χ3n) is 5.51. The molecule has 0 amide bonds. The van der Waals surface area contributed by atoms with Crippen LogP contribution in [0.25, 0.3) is 0 Å². The van der Waals surface area contributed by atoms with Crippen LogP contribution in [-0.4, -0.2) is 40.8 Å². The highest BCUT2D eigenvalue weighted by atomic mass is 16.5. The fraction of sp³-hybridized carbons (Fsp3) is 0.522. The van der Waals surface area contributed by atoms with Crippen molar-refractivity contribution in [1.82, 2.24) is 9.88 Å². The third-order valence-corrected chi connectivity index (χ3v) is 5.51. The van der Waals surface area contributed by atoms with Crippen molar-refractivity contribution in [2.24, 2.45) is 5.92 Å². The number of likely N-dealkylation sites (tertiary alicyclic amines) is 1. The number of hydrogen-bond donors (Lipinski definition) is 1. The van der Waals surface area contributed by atoms with Gasteiger partial charge >= 0.3 is 0 Å². The first-order chi connectivity index (χ1) is 13.0. The Morgan fingerprint density at radius 3 is 2.63 bits per heavy atom. The first-order valence-corrected chi connectivity index (χ1v) is 10.0. The monoisotopic (exact) mass is 368 g/mol. The lowest BCUT2D eigenvalue weighted by atomic mass is 9.96. The number of hydrogen-bond acceptors (Lipinski definition) is 4. The molecule has 2 aromatic rings. The van der Waals surface area contributed by atoms with Crippen LogP contribution in [0.4, 0.5) is 0 Å². The molecular formula is C23H32N2O2. The topological polar surface area (TPSA) is 45.6 Å². The summed E-state index contributed by atoms with van der Waals surface area (Å²) in [6, 6.07) is 8.56. The molecule has 2 atom stereocenters. The molecule has 1 aromatic heterocycles. The highest BCUT2D eigenvalue weighted by Gasteiger charge is 2.31. The molecule has 0 spiro atoms. The number of benzene rings is 1. The van der Waals surface area contributed by atoms with Gasteiger partial charge in [-0.15, -0.1) is 0 Å². The molecule has 1 fully saturated rings. The zero-order valence-electron chi connectivity index (χ0n) is 17.0. The standard InChI is InChI=1S/C23H32N2O2/c1-5-27-23-10-17(4)19(12-21(23)16(2)3)13-25-14-20(22(26)15-25)11-18-6-8-24-9-7-18/h6-10,12,16,20,22,26H,5,11,13-15H2,1-4H3/t20-,22+/m1/s1. The molecule has 0 aliphatic carbocycles. The second kappa shape index (κ2) is 8.85. The Kier molecular flexibility index (Phi) is 6.51. The van der Waals surface area contributed by atoms with E-state index >= 15 is 0 Å². The predicted octanol–water partition coefficient (Wildman–Crippen LogP) is 3.95. The lowest BCUT2D eigenvalue weighted by molar-refractivity contribution is 0.141. The number of aliphatic hydroxyl groups excluding tert-OH is 1. The number of aromatic nitrogens is 1. The summed E-state index contributed by atoms with van der Waals surface area (Å²) in [6.07, 6.45) is 4.28. The van der Waals surface area contributed by atoms with Gasteiger partial charge < -0.3 is 9.84 Å². The Bertz CT molecular complexity index is 746. The lowest BCUT2D eigenvalue weighted by Crippen LogP contribution is -2.22. The Morgan fingerprint density at radius 1 is 1.22 bits per heavy atom. The van der Waals surface area contributed by atoms with E-state index in [4.69, 9.17) is 4.74 Å². The molecular weight excluding hydrogens is 336 g/mol. The molecule has 1 aliphatic rings. The number of ether oxygens (including phenoxy) is 1. The van der Waals surface area contributed by atoms with E-state index in [1.165, 1.54) is 22.3 Å². The summed E-state index contributed by atoms with van der Waals surface area (Å²) in [5.41, 5.74) is 5.11. The van der Waals surface area contributed by atoms with Gasteiger partial charge in [-0.05, 0) is 66.6 Å². The van der Waals surface area contributed by atoms with Crippen molar-refractivity contribution in [1.29, 1.82) is 0 Å². The second-order valence-corrected chi connectivity index (χ2v) is 7.99. The van der Waals surface area contributed by atoms with Gasteiger partial charge in [0, 0.05) is 37.9 Å². The predicted molar refractivity (Wildman–Crippen MR) is 109 cm³/mol. The molecule has 0 bridgehead atoms. The lowest BCUT2D eigenvalue weighted by Gasteiger charge is -2.21. The molecule has 1 N–H and O–H groups in total. The zero-order chi connectivity index (χ0) is 19.4. The molecule has 1 aliphatic heterocycles. The Labute approximate surface area is 163 Å². The van der Waals surface area contributed by atoms with Crippen LogP contribution in [0.15, 0.2) is 36.7 Å². The average Bonchev–Trinajstić information content (AvgIpc) is 2.97. The molecule has 1 saturated heterocycles. The van der Waals surface area contributed by atoms with Gasteiger partial charge in [0.25, 0.3) is 0 Å². The van der Waals surface area contributed by atoms with Gasteiger partial charge in [-0.3, -0.25) is 9.88 Å². The summed E-state index contributed by atoms with van der Waals surface area (Å²) in [7, 11) is 0. The van der Waals surface area contributed by atoms with Crippen LogP contribution in [0.1, 0.15) is 48.9 Å². The summed E-state index contributed by atoms with van der Waals surface area (Å²) < 4.78 is 5.85. The fourth-order valence-corrected chi connectivity index (χ4v) is 3.98. The molecule has 0 saturated carbocycles. The molecule has 4 nitrogen and oxygen atoms in total. The van der Waals surface area contributed by atoms with Crippen molar-refractivity contribution in [3.05, 3.63) is 58.9 Å². The van der Waals surface area contributed by atoms with Crippen LogP contribution in [0, 0.1) is 12.8 Å². The number of β-amino-alcohol motifs (C(OH)–C–C–N with tert-alkyl or cyclic N) is 1. The first-order valence-electron chi connectivity index (χ1n) is 10.0. The average molecular weight is 369 g/mol. The van der Waals surface area contributed by atoms with E-state index in [2.05, 4.69) is 42.8 Å². The van der Waals surface area contributed by atoms with Crippen LogP contribution in [0.3, 0.4) is 0 Å². The summed E-state index contributed by atoms with van der Waals surface area (Å²) >= 11 is 0. The van der Waals surface area contributed by atoms with Crippen molar-refractivity contribution < 1.29 is 9.84 Å². The van der Waals surface area contributed by atoms with Gasteiger partial charge in [-0.1, -0.05) is 19.9 Å². The van der Waals surface area contributed by atoms with E-state index in [1.807, 2.05) is 31.5 Å². The van der Waals surface area contributed by atoms with Gasteiger partial charge in [0.1, 0.15) is 5.75 Å². The van der Waals surface area contributed by atoms with E-state index in [1.54, 1.807) is 0 Å². The maximum atomic E-state index is 10.5. The van der Waals surface area contributed by atoms with Crippen LogP contribution >= 0.6 is 0 Å². The third kappa shape index (κ3) is 4.88. The minimum Gasteiger partial charge on any atom is -0.494 e. The normalized spacial score (nSPS) is 20.4. The molecule has 2 heterocycles. The molecule has 3 rings (SSSR count). The van der Waals surface area contributed by atoms with Gasteiger partial charge in [-0.25, -0.2) is 0 Å². The van der Waals surface area contributed by atoms with Gasteiger partial charge in [0.15, 0.2) is 0 Å². The Morgan fingerprint density at radius 2 is 1.96 bits per heavy atom. The molecule has 4 heteroatoms. The highest BCUT2D eigenvalue weighted by Crippen LogP contribution is 2.31. The van der Waals surface area contributed by atoms with Crippen LogP contribution < -0.4 is 4.74 Å². The summed E-state index contributed by atoms with van der Waals surface area (Å²) in [5.74, 6) is 1.71. The number of aryl methyl sites for hydroxylation is 1. The van der Waals surface area contributed by atoms with Crippen LogP contribution in [0.2, 0.25) is 0 Å². The molecule has 0 unspecified atom stereocenters. The fourth-order valence-electron chi connectivity index (χ4n) is 3.98. The number of nitrogens with zero attached hydrogens (tertiary/aromatic N) is 2. The number of pyridine rings is 1.